The first kappa shape index (κ1) is 31.2. The Morgan fingerprint density at radius 1 is 0.382 bits per heavy atom. The molecule has 9 aromatic carbocycles. The monoisotopic (exact) mass is 702 g/mol. The number of fused-ring (bicyclic) bond motifs is 7. The highest BCUT2D eigenvalue weighted by Gasteiger charge is 2.20. The van der Waals surface area contributed by atoms with Crippen LogP contribution in [0, 0.1) is 0 Å². The summed E-state index contributed by atoms with van der Waals surface area (Å²) < 4.78 is 9.13. The number of hydrogen-bond donors (Lipinski definition) is 0. The predicted octanol–water partition coefficient (Wildman–Crippen LogP) is 14.6. The lowest BCUT2D eigenvalue weighted by Crippen LogP contribution is -2.10. The SMILES string of the molecule is c1ccc(-c2ccc3c4ccccc4n(-c4cc(-c5ccc(N(c6ccccc6)c6cccc7ccccc67)cc5)c5oc6ccccc6c5c4)c3c2)cc1. The van der Waals surface area contributed by atoms with Crippen molar-refractivity contribution in [3.63, 3.8) is 0 Å². The first-order valence-electron chi connectivity index (χ1n) is 18.8. The lowest BCUT2D eigenvalue weighted by atomic mass is 10.00. The van der Waals surface area contributed by atoms with Crippen molar-refractivity contribution in [1.29, 1.82) is 0 Å². The van der Waals surface area contributed by atoms with Gasteiger partial charge in [0.1, 0.15) is 11.2 Å². The summed E-state index contributed by atoms with van der Waals surface area (Å²) in [7, 11) is 0. The molecule has 11 aromatic rings. The quantitative estimate of drug-likeness (QED) is 0.172. The molecular weight excluding hydrogens is 669 g/mol. The number of nitrogens with zero attached hydrogens (tertiary/aromatic N) is 2. The van der Waals surface area contributed by atoms with Crippen LogP contribution >= 0.6 is 0 Å². The third-order valence-electron chi connectivity index (χ3n) is 11.0. The Hall–Kier alpha value is -7.36. The van der Waals surface area contributed by atoms with Crippen LogP contribution in [0.2, 0.25) is 0 Å². The maximum atomic E-state index is 6.71. The standard InChI is InChI=1S/C52H34N2O/c1-3-14-35(15-4-1)38-28-31-44-43-21-9-11-23-49(43)54(50(44)32-38)41-33-46(52-47(34-41)45-22-10-12-25-51(45)55-52)37-26-29-40(30-27-37)53(39-18-5-2-6-19-39)48-24-13-17-36-16-7-8-20-42(36)48/h1-34H. The van der Waals surface area contributed by atoms with Crippen molar-refractivity contribution < 1.29 is 4.42 Å². The van der Waals surface area contributed by atoms with Crippen LogP contribution in [0.3, 0.4) is 0 Å². The Labute approximate surface area is 318 Å². The summed E-state index contributed by atoms with van der Waals surface area (Å²) in [5.41, 5.74) is 13.1. The van der Waals surface area contributed by atoms with E-state index in [1.807, 2.05) is 6.07 Å². The maximum absolute atomic E-state index is 6.71. The molecule has 0 fully saturated rings. The fourth-order valence-electron chi connectivity index (χ4n) is 8.41. The lowest BCUT2D eigenvalue weighted by Gasteiger charge is -2.27. The van der Waals surface area contributed by atoms with Crippen molar-refractivity contribution in [2.75, 3.05) is 4.90 Å². The van der Waals surface area contributed by atoms with E-state index < -0.39 is 0 Å². The van der Waals surface area contributed by atoms with Crippen LogP contribution in [0.1, 0.15) is 0 Å². The molecular formula is C52H34N2O. The average molecular weight is 703 g/mol. The summed E-state index contributed by atoms with van der Waals surface area (Å²) in [6.07, 6.45) is 0. The van der Waals surface area contributed by atoms with Gasteiger partial charge in [0, 0.05) is 49.6 Å². The summed E-state index contributed by atoms with van der Waals surface area (Å²) in [6.45, 7) is 0. The minimum absolute atomic E-state index is 0.882. The average Bonchev–Trinajstić information content (AvgIpc) is 3.80. The zero-order valence-corrected chi connectivity index (χ0v) is 29.9. The second-order valence-electron chi connectivity index (χ2n) is 14.1. The van der Waals surface area contributed by atoms with Crippen LogP contribution < -0.4 is 4.90 Å². The van der Waals surface area contributed by atoms with E-state index in [0.29, 0.717) is 0 Å². The molecule has 0 atom stereocenters. The van der Waals surface area contributed by atoms with Gasteiger partial charge in [0.25, 0.3) is 0 Å². The Morgan fingerprint density at radius 3 is 1.85 bits per heavy atom. The van der Waals surface area contributed by atoms with Gasteiger partial charge in [-0.1, -0.05) is 146 Å². The van der Waals surface area contributed by atoms with Gasteiger partial charge in [-0.25, -0.2) is 0 Å². The van der Waals surface area contributed by atoms with Crippen LogP contribution in [-0.4, -0.2) is 4.57 Å². The Balaban J connectivity index is 1.13. The van der Waals surface area contributed by atoms with Gasteiger partial charge in [-0.15, -0.1) is 0 Å². The third kappa shape index (κ3) is 5.13. The summed E-state index contributed by atoms with van der Waals surface area (Å²) >= 11 is 0. The third-order valence-corrected chi connectivity index (χ3v) is 11.0. The second-order valence-corrected chi connectivity index (χ2v) is 14.1. The maximum Gasteiger partial charge on any atom is 0.143 e. The fraction of sp³-hybridized carbons (Fsp3) is 0. The largest absolute Gasteiger partial charge is 0.455 e. The first-order chi connectivity index (χ1) is 27.3. The molecule has 0 radical (unpaired) electrons. The minimum Gasteiger partial charge on any atom is -0.455 e. The van der Waals surface area contributed by atoms with Gasteiger partial charge in [-0.05, 0) is 82.7 Å². The van der Waals surface area contributed by atoms with Crippen molar-refractivity contribution in [2.24, 2.45) is 0 Å². The molecule has 0 bridgehead atoms. The van der Waals surface area contributed by atoms with E-state index in [-0.39, 0.29) is 0 Å². The molecule has 0 amide bonds. The van der Waals surface area contributed by atoms with E-state index >= 15 is 0 Å². The Kier molecular flexibility index (Phi) is 7.17. The normalized spacial score (nSPS) is 11.6. The lowest BCUT2D eigenvalue weighted by molar-refractivity contribution is 0.670. The molecule has 0 saturated carbocycles. The van der Waals surface area contributed by atoms with Gasteiger partial charge in [-0.3, -0.25) is 0 Å². The highest BCUT2D eigenvalue weighted by Crippen LogP contribution is 2.43. The summed E-state index contributed by atoms with van der Waals surface area (Å²) in [5, 5.41) is 7.08. The predicted molar refractivity (Wildman–Crippen MR) is 231 cm³/mol. The molecule has 3 nitrogen and oxygen atoms in total. The van der Waals surface area contributed by atoms with Crippen LogP contribution in [0.25, 0.3) is 82.5 Å². The fourth-order valence-corrected chi connectivity index (χ4v) is 8.41. The molecule has 11 rings (SSSR count). The molecule has 0 spiro atoms. The molecule has 0 aliphatic carbocycles. The van der Waals surface area contributed by atoms with E-state index in [2.05, 4.69) is 210 Å². The Morgan fingerprint density at radius 2 is 1.02 bits per heavy atom. The molecule has 2 heterocycles. The van der Waals surface area contributed by atoms with E-state index in [0.717, 1.165) is 55.8 Å². The van der Waals surface area contributed by atoms with Gasteiger partial charge in [0.15, 0.2) is 0 Å². The van der Waals surface area contributed by atoms with Crippen LogP contribution in [0.15, 0.2) is 211 Å². The summed E-state index contributed by atoms with van der Waals surface area (Å²) in [4.78, 5) is 2.35. The summed E-state index contributed by atoms with van der Waals surface area (Å²) in [5.74, 6) is 0. The highest BCUT2D eigenvalue weighted by atomic mass is 16.3. The van der Waals surface area contributed by atoms with Gasteiger partial charge in [-0.2, -0.15) is 0 Å². The van der Waals surface area contributed by atoms with E-state index in [1.54, 1.807) is 0 Å². The number of anilines is 3. The van der Waals surface area contributed by atoms with Crippen molar-refractivity contribution >= 4 is 71.6 Å². The number of para-hydroxylation sites is 3. The molecule has 0 N–H and O–H groups in total. The van der Waals surface area contributed by atoms with Crippen molar-refractivity contribution in [3.8, 4) is 27.9 Å². The van der Waals surface area contributed by atoms with Gasteiger partial charge < -0.3 is 13.9 Å². The van der Waals surface area contributed by atoms with Crippen molar-refractivity contribution in [2.45, 2.75) is 0 Å². The number of benzene rings is 9. The first-order valence-corrected chi connectivity index (χ1v) is 18.8. The van der Waals surface area contributed by atoms with E-state index in [1.165, 1.54) is 43.7 Å². The molecule has 258 valence electrons. The molecule has 0 aliphatic rings. The molecule has 2 aromatic heterocycles. The Bertz CT molecular complexity index is 3190. The van der Waals surface area contributed by atoms with Gasteiger partial charge >= 0.3 is 0 Å². The molecule has 55 heavy (non-hydrogen) atoms. The van der Waals surface area contributed by atoms with Crippen LogP contribution in [0.5, 0.6) is 0 Å². The second kappa shape index (κ2) is 12.6. The topological polar surface area (TPSA) is 21.3 Å². The zero-order valence-electron chi connectivity index (χ0n) is 29.9. The van der Waals surface area contributed by atoms with Crippen LogP contribution in [0.4, 0.5) is 17.1 Å². The smallest absolute Gasteiger partial charge is 0.143 e. The number of furan rings is 1. The van der Waals surface area contributed by atoms with Crippen LogP contribution in [-0.2, 0) is 0 Å². The van der Waals surface area contributed by atoms with Gasteiger partial charge in [0.05, 0.1) is 16.7 Å². The highest BCUT2D eigenvalue weighted by molar-refractivity contribution is 6.13. The van der Waals surface area contributed by atoms with E-state index in [9.17, 15) is 0 Å². The molecule has 0 saturated heterocycles. The number of aromatic nitrogens is 1. The van der Waals surface area contributed by atoms with Crippen molar-refractivity contribution in [1.82, 2.24) is 4.57 Å². The minimum atomic E-state index is 0.882. The zero-order chi connectivity index (χ0) is 36.3. The molecule has 0 unspecified atom stereocenters. The number of rotatable bonds is 6. The van der Waals surface area contributed by atoms with E-state index in [4.69, 9.17) is 4.42 Å². The van der Waals surface area contributed by atoms with Crippen molar-refractivity contribution in [3.05, 3.63) is 206 Å². The molecule has 0 aliphatic heterocycles. The summed E-state index contributed by atoms with van der Waals surface area (Å²) in [6, 6.07) is 73.9. The molecule has 3 heteroatoms. The number of hydrogen-bond acceptors (Lipinski definition) is 2. The van der Waals surface area contributed by atoms with Gasteiger partial charge in [0.2, 0.25) is 0 Å².